The third-order valence-corrected chi connectivity index (χ3v) is 3.36. The van der Waals surface area contributed by atoms with Crippen LogP contribution in [0.5, 0.6) is 0 Å². The first-order valence-electron chi connectivity index (χ1n) is 6.80. The number of carbonyl (C=O) groups excluding carboxylic acids is 1. The number of benzene rings is 1. The molecule has 0 saturated carbocycles. The van der Waals surface area contributed by atoms with E-state index in [1.807, 2.05) is 4.90 Å². The molecule has 1 aliphatic heterocycles. The minimum atomic E-state index is 0.327. The molecule has 0 atom stereocenters. The summed E-state index contributed by atoms with van der Waals surface area (Å²) in [7, 11) is 0. The summed E-state index contributed by atoms with van der Waals surface area (Å²) in [5, 5.41) is 3.43. The molecule has 3 nitrogen and oxygen atoms in total. The van der Waals surface area contributed by atoms with Gasteiger partial charge in [0.05, 0.1) is 0 Å². The third-order valence-electron chi connectivity index (χ3n) is 3.36. The number of nitrogens with one attached hydrogen (secondary N) is 1. The van der Waals surface area contributed by atoms with E-state index in [2.05, 4.69) is 36.5 Å². The number of nitrogens with zero attached hydrogens (tertiary/aromatic N) is 1. The highest BCUT2D eigenvalue weighted by Crippen LogP contribution is 2.09. The highest BCUT2D eigenvalue weighted by Gasteiger charge is 2.18. The molecule has 98 valence electrons. The first-order valence-corrected chi connectivity index (χ1v) is 6.80. The van der Waals surface area contributed by atoms with E-state index in [0.29, 0.717) is 5.91 Å². The van der Waals surface area contributed by atoms with Gasteiger partial charge in [-0.05, 0) is 31.9 Å². The van der Waals surface area contributed by atoms with E-state index < -0.39 is 0 Å². The van der Waals surface area contributed by atoms with Crippen LogP contribution < -0.4 is 5.32 Å². The molecule has 1 aliphatic rings. The molecular weight excluding hydrogens is 224 g/mol. The lowest BCUT2D eigenvalue weighted by atomic mass is 10.1. The Morgan fingerprint density at radius 2 is 2.28 bits per heavy atom. The van der Waals surface area contributed by atoms with Crippen LogP contribution in [0.25, 0.3) is 0 Å². The fourth-order valence-corrected chi connectivity index (χ4v) is 2.39. The van der Waals surface area contributed by atoms with Crippen LogP contribution in [0.15, 0.2) is 24.3 Å². The summed E-state index contributed by atoms with van der Waals surface area (Å²) >= 11 is 0. The van der Waals surface area contributed by atoms with E-state index in [9.17, 15) is 4.79 Å². The van der Waals surface area contributed by atoms with Crippen molar-refractivity contribution < 1.29 is 4.79 Å². The third kappa shape index (κ3) is 3.84. The summed E-state index contributed by atoms with van der Waals surface area (Å²) in [6.07, 6.45) is 2.82. The van der Waals surface area contributed by atoms with Gasteiger partial charge in [0, 0.05) is 26.1 Å². The largest absolute Gasteiger partial charge is 0.343 e. The molecule has 0 radical (unpaired) electrons. The zero-order chi connectivity index (χ0) is 12.8. The van der Waals surface area contributed by atoms with Crippen molar-refractivity contribution in [2.45, 2.75) is 32.7 Å². The molecule has 1 aromatic carbocycles. The maximum absolute atomic E-state index is 11.4. The fourth-order valence-electron chi connectivity index (χ4n) is 2.39. The van der Waals surface area contributed by atoms with Crippen LogP contribution in [0.1, 0.15) is 30.4 Å². The Balaban J connectivity index is 1.60. The van der Waals surface area contributed by atoms with E-state index in [-0.39, 0.29) is 0 Å². The second kappa shape index (κ2) is 6.55. The van der Waals surface area contributed by atoms with Gasteiger partial charge in [0.25, 0.3) is 0 Å². The van der Waals surface area contributed by atoms with E-state index in [4.69, 9.17) is 0 Å². The van der Waals surface area contributed by atoms with Gasteiger partial charge in [-0.3, -0.25) is 4.79 Å². The Hall–Kier alpha value is -1.35. The zero-order valence-electron chi connectivity index (χ0n) is 11.1. The highest BCUT2D eigenvalue weighted by atomic mass is 16.2. The molecule has 1 aromatic rings. The van der Waals surface area contributed by atoms with E-state index in [1.165, 1.54) is 11.1 Å². The van der Waals surface area contributed by atoms with Crippen molar-refractivity contribution in [1.29, 1.82) is 0 Å². The molecule has 18 heavy (non-hydrogen) atoms. The van der Waals surface area contributed by atoms with Crippen molar-refractivity contribution in [1.82, 2.24) is 10.2 Å². The molecule has 1 heterocycles. The van der Waals surface area contributed by atoms with Crippen LogP contribution in [0.4, 0.5) is 0 Å². The maximum atomic E-state index is 11.4. The SMILES string of the molecule is Cc1cccc(CNCCCN2CCCC2=O)c1. The molecule has 3 heteroatoms. The Morgan fingerprint density at radius 1 is 1.39 bits per heavy atom. The van der Waals surface area contributed by atoms with Gasteiger partial charge in [0.15, 0.2) is 0 Å². The second-order valence-electron chi connectivity index (χ2n) is 5.00. The Bertz CT molecular complexity index is 403. The van der Waals surface area contributed by atoms with E-state index in [0.717, 1.165) is 45.4 Å². The summed E-state index contributed by atoms with van der Waals surface area (Å²) in [5.74, 6) is 0.327. The lowest BCUT2D eigenvalue weighted by Crippen LogP contribution is -2.28. The minimum Gasteiger partial charge on any atom is -0.343 e. The van der Waals surface area contributed by atoms with Crippen molar-refractivity contribution in [2.24, 2.45) is 0 Å². The lowest BCUT2D eigenvalue weighted by Gasteiger charge is -2.15. The number of rotatable bonds is 6. The molecule has 2 rings (SSSR count). The predicted molar refractivity (Wildman–Crippen MR) is 73.3 cm³/mol. The standard InChI is InChI=1S/C15H22N2O/c1-13-5-2-6-14(11-13)12-16-8-4-10-17-9-3-7-15(17)18/h2,5-6,11,16H,3-4,7-10,12H2,1H3. The van der Waals surface area contributed by atoms with Crippen LogP contribution in [-0.4, -0.2) is 30.4 Å². The number of amides is 1. The number of aryl methyl sites for hydroxylation is 1. The van der Waals surface area contributed by atoms with Gasteiger partial charge in [0.2, 0.25) is 5.91 Å². The zero-order valence-corrected chi connectivity index (χ0v) is 11.1. The number of likely N-dealkylation sites (tertiary alicyclic amines) is 1. The van der Waals surface area contributed by atoms with Gasteiger partial charge in [-0.2, -0.15) is 0 Å². The van der Waals surface area contributed by atoms with Crippen LogP contribution in [0, 0.1) is 6.92 Å². The topological polar surface area (TPSA) is 32.3 Å². The summed E-state index contributed by atoms with van der Waals surface area (Å²) in [6.45, 7) is 5.85. The van der Waals surface area contributed by atoms with Gasteiger partial charge in [-0.15, -0.1) is 0 Å². The van der Waals surface area contributed by atoms with Crippen LogP contribution in [-0.2, 0) is 11.3 Å². The van der Waals surface area contributed by atoms with Gasteiger partial charge in [-0.25, -0.2) is 0 Å². The molecule has 0 aliphatic carbocycles. The van der Waals surface area contributed by atoms with Crippen LogP contribution in [0.3, 0.4) is 0 Å². The van der Waals surface area contributed by atoms with Gasteiger partial charge in [-0.1, -0.05) is 29.8 Å². The molecule has 1 fully saturated rings. The molecule has 0 aromatic heterocycles. The smallest absolute Gasteiger partial charge is 0.222 e. The van der Waals surface area contributed by atoms with Crippen molar-refractivity contribution in [3.05, 3.63) is 35.4 Å². The molecule has 1 N–H and O–H groups in total. The van der Waals surface area contributed by atoms with Crippen molar-refractivity contribution in [2.75, 3.05) is 19.6 Å². The van der Waals surface area contributed by atoms with Crippen LogP contribution >= 0.6 is 0 Å². The predicted octanol–water partition coefficient (Wildman–Crippen LogP) is 2.10. The average molecular weight is 246 g/mol. The Kier molecular flexibility index (Phi) is 4.76. The molecule has 0 bridgehead atoms. The first-order chi connectivity index (χ1) is 8.75. The summed E-state index contributed by atoms with van der Waals surface area (Å²) < 4.78 is 0. The molecule has 0 unspecified atom stereocenters. The van der Waals surface area contributed by atoms with Crippen LogP contribution in [0.2, 0.25) is 0 Å². The number of hydrogen-bond donors (Lipinski definition) is 1. The summed E-state index contributed by atoms with van der Waals surface area (Å²) in [4.78, 5) is 13.4. The van der Waals surface area contributed by atoms with Gasteiger partial charge < -0.3 is 10.2 Å². The normalized spacial score (nSPS) is 15.4. The fraction of sp³-hybridized carbons (Fsp3) is 0.533. The summed E-state index contributed by atoms with van der Waals surface area (Å²) in [6, 6.07) is 8.55. The first kappa shape index (κ1) is 13.1. The van der Waals surface area contributed by atoms with Gasteiger partial charge in [0.1, 0.15) is 0 Å². The second-order valence-corrected chi connectivity index (χ2v) is 5.00. The van der Waals surface area contributed by atoms with Crippen molar-refractivity contribution in [3.63, 3.8) is 0 Å². The van der Waals surface area contributed by atoms with E-state index >= 15 is 0 Å². The van der Waals surface area contributed by atoms with Crippen molar-refractivity contribution in [3.8, 4) is 0 Å². The number of hydrogen-bond acceptors (Lipinski definition) is 2. The molecular formula is C15H22N2O. The summed E-state index contributed by atoms with van der Waals surface area (Å²) in [5.41, 5.74) is 2.63. The lowest BCUT2D eigenvalue weighted by molar-refractivity contribution is -0.127. The maximum Gasteiger partial charge on any atom is 0.222 e. The highest BCUT2D eigenvalue weighted by molar-refractivity contribution is 5.77. The number of carbonyl (C=O) groups is 1. The minimum absolute atomic E-state index is 0.327. The van der Waals surface area contributed by atoms with E-state index in [1.54, 1.807) is 0 Å². The average Bonchev–Trinajstić information content (AvgIpc) is 2.75. The van der Waals surface area contributed by atoms with Gasteiger partial charge >= 0.3 is 0 Å². The Labute approximate surface area is 109 Å². The Morgan fingerprint density at radius 3 is 3.00 bits per heavy atom. The molecule has 1 amide bonds. The molecule has 0 spiro atoms. The monoisotopic (exact) mass is 246 g/mol. The quantitative estimate of drug-likeness (QED) is 0.780. The molecule has 1 saturated heterocycles. The van der Waals surface area contributed by atoms with Crippen molar-refractivity contribution >= 4 is 5.91 Å².